The maximum absolute atomic E-state index is 14.5. The van der Waals surface area contributed by atoms with Gasteiger partial charge in [-0.3, -0.25) is 5.10 Å². The van der Waals surface area contributed by atoms with Gasteiger partial charge >= 0.3 is 0 Å². The third-order valence-corrected chi connectivity index (χ3v) is 8.04. The van der Waals surface area contributed by atoms with E-state index in [0.29, 0.717) is 23.8 Å². The van der Waals surface area contributed by atoms with E-state index in [1.807, 2.05) is 18.2 Å². The van der Waals surface area contributed by atoms with Gasteiger partial charge in [0, 0.05) is 6.42 Å². The topological polar surface area (TPSA) is 100 Å². The lowest BCUT2D eigenvalue weighted by Crippen LogP contribution is -2.37. The molecule has 0 aliphatic heterocycles. The van der Waals surface area contributed by atoms with E-state index in [9.17, 15) is 13.9 Å². The zero-order chi connectivity index (χ0) is 25.2. The molecular formula is C27H26F2N6O. The van der Waals surface area contributed by atoms with Crippen molar-refractivity contribution in [3.05, 3.63) is 76.9 Å². The third kappa shape index (κ3) is 3.15. The second kappa shape index (κ2) is 7.96. The quantitative estimate of drug-likeness (QED) is 0.421. The minimum atomic E-state index is -0.655. The second-order valence-corrected chi connectivity index (χ2v) is 10.4. The molecule has 2 N–H and O–H groups in total. The highest BCUT2D eigenvalue weighted by atomic mass is 19.1. The van der Waals surface area contributed by atoms with Gasteiger partial charge < -0.3 is 5.11 Å². The maximum Gasteiger partial charge on any atom is 0.174 e. The lowest BCUT2D eigenvalue weighted by Gasteiger charge is -2.37. The first-order chi connectivity index (χ1) is 17.2. The van der Waals surface area contributed by atoms with Crippen LogP contribution in [-0.4, -0.2) is 41.6 Å². The molecule has 9 heteroatoms. The molecule has 1 aromatic carbocycles. The minimum absolute atomic E-state index is 0.152. The molecule has 184 valence electrons. The molecule has 2 aliphatic carbocycles. The molecular weight excluding hydrogens is 462 g/mol. The van der Waals surface area contributed by atoms with Gasteiger partial charge in [0.15, 0.2) is 11.6 Å². The predicted molar refractivity (Wildman–Crippen MR) is 129 cm³/mol. The van der Waals surface area contributed by atoms with Gasteiger partial charge in [0.1, 0.15) is 17.3 Å². The summed E-state index contributed by atoms with van der Waals surface area (Å²) in [4.78, 5) is 9.51. The van der Waals surface area contributed by atoms with Crippen molar-refractivity contribution in [3.63, 3.8) is 0 Å². The Morgan fingerprint density at radius 1 is 1.06 bits per heavy atom. The summed E-state index contributed by atoms with van der Waals surface area (Å²) >= 11 is 0. The van der Waals surface area contributed by atoms with Crippen molar-refractivity contribution in [3.8, 4) is 22.8 Å². The molecule has 1 saturated carbocycles. The number of hydrogen-bond donors (Lipinski definition) is 2. The van der Waals surface area contributed by atoms with Crippen LogP contribution < -0.4 is 0 Å². The van der Waals surface area contributed by atoms with Gasteiger partial charge in [0.05, 0.1) is 34.2 Å². The normalized spacial score (nSPS) is 22.6. The Morgan fingerprint density at radius 3 is 2.56 bits per heavy atom. The van der Waals surface area contributed by atoms with E-state index in [0.717, 1.165) is 29.8 Å². The first-order valence-corrected chi connectivity index (χ1v) is 12.1. The van der Waals surface area contributed by atoms with E-state index in [1.54, 1.807) is 13.0 Å². The van der Waals surface area contributed by atoms with Crippen LogP contribution in [0.5, 0.6) is 0 Å². The number of aliphatic hydroxyl groups excluding tert-OH is 1. The average Bonchev–Trinajstić information content (AvgIpc) is 3.46. The van der Waals surface area contributed by atoms with Crippen molar-refractivity contribution in [2.75, 3.05) is 0 Å². The second-order valence-electron chi connectivity index (χ2n) is 10.4. The van der Waals surface area contributed by atoms with Crippen molar-refractivity contribution in [2.45, 2.75) is 57.5 Å². The summed E-state index contributed by atoms with van der Waals surface area (Å²) in [6, 6.07) is 11.4. The van der Waals surface area contributed by atoms with E-state index in [2.05, 4.69) is 39.2 Å². The number of hydrogen-bond acceptors (Lipinski definition) is 6. The molecule has 0 radical (unpaired) electrons. The number of halogens is 2. The highest BCUT2D eigenvalue weighted by Gasteiger charge is 2.65. The van der Waals surface area contributed by atoms with E-state index in [1.165, 1.54) is 18.2 Å². The van der Waals surface area contributed by atoms with Crippen LogP contribution in [-0.2, 0) is 11.8 Å². The van der Waals surface area contributed by atoms with E-state index < -0.39 is 23.2 Å². The zero-order valence-electron chi connectivity index (χ0n) is 20.3. The summed E-state index contributed by atoms with van der Waals surface area (Å²) in [5.41, 5.74) is 2.63. The number of H-pyrrole nitrogens is 1. The molecule has 3 heterocycles. The zero-order valence-corrected chi connectivity index (χ0v) is 20.3. The Kier molecular flexibility index (Phi) is 5.05. The highest BCUT2D eigenvalue weighted by molar-refractivity contribution is 5.64. The van der Waals surface area contributed by atoms with Gasteiger partial charge in [0.2, 0.25) is 0 Å². The molecule has 2 bridgehead atoms. The van der Waals surface area contributed by atoms with Crippen LogP contribution in [0.3, 0.4) is 0 Å². The molecule has 36 heavy (non-hydrogen) atoms. The van der Waals surface area contributed by atoms with E-state index in [4.69, 9.17) is 4.98 Å². The molecule has 0 spiro atoms. The predicted octanol–water partition coefficient (Wildman–Crippen LogP) is 4.73. The molecule has 0 saturated heterocycles. The minimum Gasteiger partial charge on any atom is -0.393 e. The summed E-state index contributed by atoms with van der Waals surface area (Å²) in [5, 5.41) is 25.7. The van der Waals surface area contributed by atoms with Gasteiger partial charge in [-0.1, -0.05) is 26.0 Å². The standard InChI is InChI=1S/C27H26F2N6O/c1-14(36)12-22-31-25(35-33-22)19-8-5-9-21(30-19)27-11-10-16(26(27,2)3)15-13-20(32-34-24(15)27)23-17(28)6-4-7-18(23)29/h4-9,13-14,16,36H,10-12H2,1-3H3,(H,31,33,35)/t14-,16+,27+/m1/s1. The third-order valence-electron chi connectivity index (χ3n) is 8.04. The van der Waals surface area contributed by atoms with Crippen LogP contribution in [0.25, 0.3) is 22.8 Å². The van der Waals surface area contributed by atoms with Crippen LogP contribution in [0.2, 0.25) is 0 Å². The van der Waals surface area contributed by atoms with Crippen molar-refractivity contribution >= 4 is 0 Å². The number of pyridine rings is 1. The Morgan fingerprint density at radius 2 is 1.81 bits per heavy atom. The van der Waals surface area contributed by atoms with Crippen LogP contribution in [0.4, 0.5) is 8.78 Å². The molecule has 2 aliphatic rings. The summed E-state index contributed by atoms with van der Waals surface area (Å²) in [5.74, 6) is -0.0944. The Bertz CT molecular complexity index is 1460. The number of nitrogens with zero attached hydrogens (tertiary/aromatic N) is 5. The largest absolute Gasteiger partial charge is 0.393 e. The Hall–Kier alpha value is -3.59. The molecule has 3 atom stereocenters. The summed E-state index contributed by atoms with van der Waals surface area (Å²) in [7, 11) is 0. The smallest absolute Gasteiger partial charge is 0.174 e. The molecule has 0 amide bonds. The number of rotatable bonds is 5. The molecule has 4 aromatic rings. The van der Waals surface area contributed by atoms with Gasteiger partial charge in [-0.05, 0) is 67.0 Å². The molecule has 6 rings (SSSR count). The summed E-state index contributed by atoms with van der Waals surface area (Å²) in [6.45, 7) is 6.11. The van der Waals surface area contributed by atoms with Crippen molar-refractivity contribution in [2.24, 2.45) is 5.41 Å². The fourth-order valence-electron chi connectivity index (χ4n) is 6.33. The monoisotopic (exact) mass is 488 g/mol. The molecule has 1 fully saturated rings. The number of aromatic amines is 1. The van der Waals surface area contributed by atoms with Crippen LogP contribution >= 0.6 is 0 Å². The molecule has 7 nitrogen and oxygen atoms in total. The SMILES string of the molecule is C[C@@H](O)Cc1n[nH]c(-c2cccc([C@@]34CC[C@@H](c5cc(-c6c(F)cccc6F)nnc53)C4(C)C)n2)n1. The fraction of sp³-hybridized carbons (Fsp3) is 0.370. The Balaban J connectivity index is 1.46. The van der Waals surface area contributed by atoms with Crippen LogP contribution in [0.15, 0.2) is 42.5 Å². The van der Waals surface area contributed by atoms with Gasteiger partial charge in [-0.2, -0.15) is 10.2 Å². The maximum atomic E-state index is 14.5. The van der Waals surface area contributed by atoms with Crippen molar-refractivity contribution in [1.82, 2.24) is 30.4 Å². The summed E-state index contributed by atoms with van der Waals surface area (Å²) in [6.07, 6.45) is 1.57. The lowest BCUT2D eigenvalue weighted by atomic mass is 9.66. The van der Waals surface area contributed by atoms with Crippen molar-refractivity contribution in [1.29, 1.82) is 0 Å². The summed E-state index contributed by atoms with van der Waals surface area (Å²) < 4.78 is 29.0. The first-order valence-electron chi connectivity index (χ1n) is 12.1. The van der Waals surface area contributed by atoms with Gasteiger partial charge in [-0.15, -0.1) is 5.10 Å². The number of aromatic nitrogens is 6. The lowest BCUT2D eigenvalue weighted by molar-refractivity contribution is 0.193. The molecule has 3 aromatic heterocycles. The fourth-order valence-corrected chi connectivity index (χ4v) is 6.33. The van der Waals surface area contributed by atoms with Gasteiger partial charge in [-0.25, -0.2) is 18.7 Å². The van der Waals surface area contributed by atoms with Crippen LogP contribution in [0, 0.1) is 17.0 Å². The first kappa shape index (κ1) is 22.8. The number of nitrogens with one attached hydrogen (secondary N) is 1. The number of fused-ring (bicyclic) bond motifs is 5. The van der Waals surface area contributed by atoms with E-state index >= 15 is 0 Å². The number of aliphatic hydroxyl groups is 1. The van der Waals surface area contributed by atoms with Crippen molar-refractivity contribution < 1.29 is 13.9 Å². The average molecular weight is 489 g/mol. The highest BCUT2D eigenvalue weighted by Crippen LogP contribution is 2.69. The number of benzene rings is 1. The van der Waals surface area contributed by atoms with Crippen LogP contribution in [0.1, 0.15) is 62.3 Å². The van der Waals surface area contributed by atoms with E-state index in [-0.39, 0.29) is 22.6 Å². The molecule has 0 unspecified atom stereocenters. The Labute approximate surface area is 207 Å². The van der Waals surface area contributed by atoms with Gasteiger partial charge in [0.25, 0.3) is 0 Å².